The number of hydrogen-bond acceptors (Lipinski definition) is 3. The summed E-state index contributed by atoms with van der Waals surface area (Å²) in [5.74, 6) is 0. The van der Waals surface area contributed by atoms with E-state index in [0.29, 0.717) is 10.6 Å². The van der Waals surface area contributed by atoms with E-state index < -0.39 is 9.84 Å². The highest BCUT2D eigenvalue weighted by Crippen LogP contribution is 2.25. The molecule has 0 fully saturated rings. The van der Waals surface area contributed by atoms with E-state index in [0.717, 1.165) is 4.47 Å². The number of hydrogen-bond donors (Lipinski definition) is 0. The van der Waals surface area contributed by atoms with Crippen LogP contribution in [0.5, 0.6) is 0 Å². The highest BCUT2D eigenvalue weighted by atomic mass is 79.9. The van der Waals surface area contributed by atoms with Crippen LogP contribution in [0.15, 0.2) is 62.8 Å². The maximum absolute atomic E-state index is 12.4. The first-order valence-electron chi connectivity index (χ1n) is 5.82. The molecule has 0 aromatic heterocycles. The predicted octanol–water partition coefficient (Wildman–Crippen LogP) is 4.44. The number of sulfone groups is 1. The van der Waals surface area contributed by atoms with E-state index in [2.05, 4.69) is 15.9 Å². The van der Waals surface area contributed by atoms with Crippen LogP contribution in [0.3, 0.4) is 0 Å². The summed E-state index contributed by atoms with van der Waals surface area (Å²) in [7, 11) is -3.86. The Balaban J connectivity index is 2.53. The number of rotatable bonds is 3. The van der Waals surface area contributed by atoms with Gasteiger partial charge >= 0.3 is 0 Å². The molecule has 0 unspecified atom stereocenters. The first-order valence-corrected chi connectivity index (χ1v) is 8.47. The topological polar surface area (TPSA) is 57.9 Å². The van der Waals surface area contributed by atoms with Gasteiger partial charge in [0.15, 0.2) is 0 Å². The van der Waals surface area contributed by atoms with Crippen molar-refractivity contribution in [2.45, 2.75) is 4.90 Å². The molecule has 2 rings (SSSR count). The average Bonchev–Trinajstić information content (AvgIpc) is 2.46. The third-order valence-electron chi connectivity index (χ3n) is 2.72. The van der Waals surface area contributed by atoms with Gasteiger partial charge in [0.2, 0.25) is 9.84 Å². The Morgan fingerprint density at radius 1 is 1.14 bits per heavy atom. The lowest BCUT2D eigenvalue weighted by atomic mass is 10.2. The summed E-state index contributed by atoms with van der Waals surface area (Å²) < 4.78 is 25.6. The van der Waals surface area contributed by atoms with E-state index >= 15 is 0 Å². The van der Waals surface area contributed by atoms with Crippen molar-refractivity contribution in [1.82, 2.24) is 0 Å². The molecule has 2 aromatic carbocycles. The van der Waals surface area contributed by atoms with E-state index in [1.54, 1.807) is 42.5 Å². The largest absolute Gasteiger partial charge is 0.218 e. The molecule has 0 heterocycles. The van der Waals surface area contributed by atoms with Crippen LogP contribution in [-0.2, 0) is 9.84 Å². The highest BCUT2D eigenvalue weighted by molar-refractivity contribution is 9.10. The molecule has 21 heavy (non-hydrogen) atoms. The molecule has 0 radical (unpaired) electrons. The minimum Gasteiger partial charge on any atom is -0.218 e. The van der Waals surface area contributed by atoms with E-state index in [9.17, 15) is 13.7 Å². The molecule has 0 amide bonds. The molecule has 0 bridgehead atoms. The molecular formula is C15H9BrClNO2S. The Hall–Kier alpha value is -1.61. The van der Waals surface area contributed by atoms with Gasteiger partial charge in [0, 0.05) is 9.50 Å². The van der Waals surface area contributed by atoms with Crippen molar-refractivity contribution < 1.29 is 8.42 Å². The van der Waals surface area contributed by atoms with E-state index in [-0.39, 0.29) is 9.80 Å². The van der Waals surface area contributed by atoms with Crippen LogP contribution in [0.25, 0.3) is 6.08 Å². The average molecular weight is 383 g/mol. The highest BCUT2D eigenvalue weighted by Gasteiger charge is 2.20. The van der Waals surface area contributed by atoms with Gasteiger partial charge in [-0.05, 0) is 42.0 Å². The van der Waals surface area contributed by atoms with Crippen LogP contribution in [0, 0.1) is 11.3 Å². The molecule has 2 aromatic rings. The number of benzene rings is 2. The second-order valence-electron chi connectivity index (χ2n) is 4.10. The Labute approximate surface area is 136 Å². The molecule has 0 N–H and O–H groups in total. The van der Waals surface area contributed by atoms with E-state index in [1.165, 1.54) is 18.2 Å². The summed E-state index contributed by atoms with van der Waals surface area (Å²) in [4.78, 5) is -0.288. The smallest absolute Gasteiger partial charge is 0.216 e. The van der Waals surface area contributed by atoms with Crippen molar-refractivity contribution in [1.29, 1.82) is 5.26 Å². The van der Waals surface area contributed by atoms with Gasteiger partial charge in [-0.15, -0.1) is 0 Å². The molecule has 6 heteroatoms. The fraction of sp³-hybridized carbons (Fsp3) is 0. The molecular weight excluding hydrogens is 374 g/mol. The van der Waals surface area contributed by atoms with Crippen LogP contribution in [-0.4, -0.2) is 8.42 Å². The van der Waals surface area contributed by atoms with Gasteiger partial charge in [0.25, 0.3) is 0 Å². The Kier molecular flexibility index (Phi) is 4.84. The predicted molar refractivity (Wildman–Crippen MR) is 86.4 cm³/mol. The molecule has 0 saturated heterocycles. The van der Waals surface area contributed by atoms with Crippen molar-refractivity contribution >= 4 is 43.4 Å². The molecule has 0 aliphatic carbocycles. The summed E-state index contributed by atoms with van der Waals surface area (Å²) in [6, 6.07) is 14.6. The lowest BCUT2D eigenvalue weighted by Gasteiger charge is -2.04. The van der Waals surface area contributed by atoms with Gasteiger partial charge in [-0.2, -0.15) is 5.26 Å². The van der Waals surface area contributed by atoms with Gasteiger partial charge in [-0.1, -0.05) is 45.7 Å². The molecule has 106 valence electrons. The molecule has 0 spiro atoms. The van der Waals surface area contributed by atoms with Gasteiger partial charge < -0.3 is 0 Å². The number of nitrogens with zero attached hydrogens (tertiary/aromatic N) is 1. The first kappa shape index (κ1) is 15.8. The van der Waals surface area contributed by atoms with Crippen molar-refractivity contribution in [3.63, 3.8) is 0 Å². The Bertz CT molecular complexity index is 837. The first-order chi connectivity index (χ1) is 9.95. The van der Waals surface area contributed by atoms with Gasteiger partial charge in [-0.25, -0.2) is 8.42 Å². The molecule has 3 nitrogen and oxygen atoms in total. The maximum Gasteiger partial charge on any atom is 0.216 e. The fourth-order valence-corrected chi connectivity index (χ4v) is 3.25. The summed E-state index contributed by atoms with van der Waals surface area (Å²) in [6.07, 6.45) is 1.28. The van der Waals surface area contributed by atoms with Gasteiger partial charge in [0.05, 0.1) is 4.90 Å². The zero-order chi connectivity index (χ0) is 15.5. The van der Waals surface area contributed by atoms with Crippen molar-refractivity contribution in [3.8, 4) is 6.07 Å². The minimum atomic E-state index is -3.86. The van der Waals surface area contributed by atoms with E-state index in [1.807, 2.05) is 0 Å². The van der Waals surface area contributed by atoms with Crippen LogP contribution in [0.1, 0.15) is 5.56 Å². The zero-order valence-corrected chi connectivity index (χ0v) is 13.8. The third-order valence-corrected chi connectivity index (χ3v) is 5.27. The fourth-order valence-electron chi connectivity index (χ4n) is 1.64. The van der Waals surface area contributed by atoms with Crippen LogP contribution >= 0.6 is 27.5 Å². The normalized spacial score (nSPS) is 12.0. The number of halogens is 2. The van der Waals surface area contributed by atoms with Crippen LogP contribution in [0.4, 0.5) is 0 Å². The Morgan fingerprint density at radius 2 is 1.76 bits per heavy atom. The molecule has 0 atom stereocenters. The lowest BCUT2D eigenvalue weighted by Crippen LogP contribution is -2.03. The molecule has 0 aliphatic heterocycles. The summed E-state index contributed by atoms with van der Waals surface area (Å²) in [5, 5.41) is 9.57. The standard InChI is InChI=1S/C15H9BrClNO2S/c16-12-5-7-13(8-6-12)21(19,20)14(10-18)9-11-3-1-2-4-15(11)17/h1-9H. The lowest BCUT2D eigenvalue weighted by molar-refractivity contribution is 0.603. The van der Waals surface area contributed by atoms with Crippen molar-refractivity contribution in [2.24, 2.45) is 0 Å². The Morgan fingerprint density at radius 3 is 2.33 bits per heavy atom. The maximum atomic E-state index is 12.4. The van der Waals surface area contributed by atoms with Gasteiger partial charge in [-0.3, -0.25) is 0 Å². The summed E-state index contributed by atoms with van der Waals surface area (Å²) in [5.41, 5.74) is 0.483. The van der Waals surface area contributed by atoms with Crippen molar-refractivity contribution in [2.75, 3.05) is 0 Å². The minimum absolute atomic E-state index is 0.0607. The van der Waals surface area contributed by atoms with Crippen LogP contribution in [0.2, 0.25) is 5.02 Å². The number of nitriles is 1. The van der Waals surface area contributed by atoms with Crippen LogP contribution < -0.4 is 0 Å². The number of allylic oxidation sites excluding steroid dienone is 1. The second kappa shape index (κ2) is 6.44. The zero-order valence-electron chi connectivity index (χ0n) is 10.6. The molecule has 0 saturated carbocycles. The molecule has 0 aliphatic rings. The second-order valence-corrected chi connectivity index (χ2v) is 7.34. The quantitative estimate of drug-likeness (QED) is 0.737. The SMILES string of the molecule is N#CC(=Cc1ccccc1Cl)S(=O)(=O)c1ccc(Br)cc1. The van der Waals surface area contributed by atoms with E-state index in [4.69, 9.17) is 11.6 Å². The summed E-state index contributed by atoms with van der Waals surface area (Å²) >= 11 is 9.22. The van der Waals surface area contributed by atoms with Crippen molar-refractivity contribution in [3.05, 3.63) is 68.5 Å². The van der Waals surface area contributed by atoms with Gasteiger partial charge in [0.1, 0.15) is 11.0 Å². The monoisotopic (exact) mass is 381 g/mol. The summed E-state index contributed by atoms with van der Waals surface area (Å²) in [6.45, 7) is 0. The third kappa shape index (κ3) is 3.53.